The number of carbonyl (C=O) groups is 2. The monoisotopic (exact) mass is 805 g/mol. The van der Waals surface area contributed by atoms with Crippen molar-refractivity contribution in [3.05, 3.63) is 85.1 Å². The average Bonchev–Trinajstić information content (AvgIpc) is 3.15. The molecule has 0 aromatic rings. The lowest BCUT2D eigenvalue weighted by molar-refractivity contribution is -0.870. The summed E-state index contributed by atoms with van der Waals surface area (Å²) in [5, 5.41) is 0. The van der Waals surface area contributed by atoms with Gasteiger partial charge < -0.3 is 18.9 Å². The van der Waals surface area contributed by atoms with Gasteiger partial charge in [-0.25, -0.2) is 4.57 Å². The molecular formula is C46H79NO8P+. The van der Waals surface area contributed by atoms with Crippen LogP contribution in [0.25, 0.3) is 0 Å². The van der Waals surface area contributed by atoms with Gasteiger partial charge in [0.15, 0.2) is 6.10 Å². The number of esters is 2. The molecule has 0 spiro atoms. The minimum Gasteiger partial charge on any atom is -0.462 e. The van der Waals surface area contributed by atoms with E-state index in [4.69, 9.17) is 18.5 Å². The van der Waals surface area contributed by atoms with E-state index in [1.165, 1.54) is 25.7 Å². The SMILES string of the molecule is CC/C=C/C/C=C/C/C=C/CCCCCCCC(=O)OC[C@H](COP(=O)(O)OCC[N+](C)(C)C)OC(=O)CCC/C=C/C/C=C/C/C=C/C/C=C/CCCCC. The van der Waals surface area contributed by atoms with E-state index in [-0.39, 0.29) is 26.1 Å². The highest BCUT2D eigenvalue weighted by atomic mass is 31.2. The molecule has 0 aliphatic heterocycles. The van der Waals surface area contributed by atoms with Crippen LogP contribution in [0.1, 0.15) is 142 Å². The molecule has 9 nitrogen and oxygen atoms in total. The number of rotatable bonds is 37. The molecule has 0 saturated carbocycles. The van der Waals surface area contributed by atoms with Gasteiger partial charge in [-0.05, 0) is 83.5 Å². The van der Waals surface area contributed by atoms with Crippen LogP contribution in [0.15, 0.2) is 85.1 Å². The lowest BCUT2D eigenvalue weighted by Gasteiger charge is -2.24. The van der Waals surface area contributed by atoms with E-state index in [2.05, 4.69) is 92.8 Å². The molecule has 0 heterocycles. The molecule has 320 valence electrons. The van der Waals surface area contributed by atoms with Crippen LogP contribution in [-0.4, -0.2) is 74.9 Å². The Balaban J connectivity index is 4.53. The summed E-state index contributed by atoms with van der Waals surface area (Å²) >= 11 is 0. The zero-order chi connectivity index (χ0) is 41.4. The molecule has 0 fully saturated rings. The van der Waals surface area contributed by atoms with Crippen molar-refractivity contribution in [3.8, 4) is 0 Å². The number of allylic oxidation sites excluding steroid dienone is 14. The Morgan fingerprint density at radius 1 is 0.571 bits per heavy atom. The Morgan fingerprint density at radius 3 is 1.57 bits per heavy atom. The van der Waals surface area contributed by atoms with Crippen LogP contribution in [0.2, 0.25) is 0 Å². The van der Waals surface area contributed by atoms with Crippen molar-refractivity contribution in [1.82, 2.24) is 0 Å². The van der Waals surface area contributed by atoms with Gasteiger partial charge in [0.05, 0.1) is 27.7 Å². The number of phosphoric acid groups is 1. The first-order chi connectivity index (χ1) is 27.0. The summed E-state index contributed by atoms with van der Waals surface area (Å²) in [5.74, 6) is -0.894. The van der Waals surface area contributed by atoms with Gasteiger partial charge >= 0.3 is 19.8 Å². The van der Waals surface area contributed by atoms with Gasteiger partial charge in [0.2, 0.25) is 0 Å². The molecule has 56 heavy (non-hydrogen) atoms. The summed E-state index contributed by atoms with van der Waals surface area (Å²) in [6.45, 7) is 4.17. The van der Waals surface area contributed by atoms with Crippen molar-refractivity contribution in [2.75, 3.05) is 47.5 Å². The van der Waals surface area contributed by atoms with Gasteiger partial charge in [0.1, 0.15) is 19.8 Å². The lowest BCUT2D eigenvalue weighted by Crippen LogP contribution is -2.37. The van der Waals surface area contributed by atoms with E-state index >= 15 is 0 Å². The van der Waals surface area contributed by atoms with Crippen molar-refractivity contribution in [2.24, 2.45) is 0 Å². The number of quaternary nitrogens is 1. The average molecular weight is 805 g/mol. The van der Waals surface area contributed by atoms with Crippen molar-refractivity contribution >= 4 is 19.8 Å². The highest BCUT2D eigenvalue weighted by Crippen LogP contribution is 2.43. The van der Waals surface area contributed by atoms with Crippen LogP contribution >= 0.6 is 7.82 Å². The minimum absolute atomic E-state index is 0.0138. The first-order valence-electron chi connectivity index (χ1n) is 21.3. The van der Waals surface area contributed by atoms with Crippen molar-refractivity contribution in [2.45, 2.75) is 148 Å². The second kappa shape index (κ2) is 37.7. The van der Waals surface area contributed by atoms with Crippen LogP contribution in [0.4, 0.5) is 0 Å². The van der Waals surface area contributed by atoms with E-state index in [1.807, 2.05) is 27.2 Å². The molecule has 0 aromatic heterocycles. The largest absolute Gasteiger partial charge is 0.472 e. The molecule has 0 aliphatic rings. The first-order valence-corrected chi connectivity index (χ1v) is 22.8. The maximum absolute atomic E-state index is 12.7. The van der Waals surface area contributed by atoms with Crippen molar-refractivity contribution < 1.29 is 42.1 Å². The molecular weight excluding hydrogens is 725 g/mol. The predicted octanol–water partition coefficient (Wildman–Crippen LogP) is 12.0. The topological polar surface area (TPSA) is 108 Å². The molecule has 0 saturated heterocycles. The first kappa shape index (κ1) is 53.2. The maximum atomic E-state index is 12.7. The molecule has 0 aromatic carbocycles. The minimum atomic E-state index is -4.40. The van der Waals surface area contributed by atoms with Crippen molar-refractivity contribution in [3.63, 3.8) is 0 Å². The number of unbranched alkanes of at least 4 members (excludes halogenated alkanes) is 9. The van der Waals surface area contributed by atoms with E-state index in [0.29, 0.717) is 30.3 Å². The Hall–Kier alpha value is -2.81. The fraction of sp³-hybridized carbons (Fsp3) is 0.652. The highest BCUT2D eigenvalue weighted by molar-refractivity contribution is 7.47. The Bertz CT molecular complexity index is 1230. The van der Waals surface area contributed by atoms with E-state index in [1.54, 1.807) is 0 Å². The summed E-state index contributed by atoms with van der Waals surface area (Å²) in [4.78, 5) is 35.3. The van der Waals surface area contributed by atoms with Crippen LogP contribution in [-0.2, 0) is 32.7 Å². The normalized spacial score (nSPS) is 14.5. The van der Waals surface area contributed by atoms with Crippen LogP contribution in [0.3, 0.4) is 0 Å². The van der Waals surface area contributed by atoms with E-state index < -0.39 is 32.5 Å². The molecule has 1 N–H and O–H groups in total. The number of nitrogens with zero attached hydrogens (tertiary/aromatic N) is 1. The third-order valence-electron chi connectivity index (χ3n) is 8.41. The van der Waals surface area contributed by atoms with Gasteiger partial charge in [-0.15, -0.1) is 0 Å². The third kappa shape index (κ3) is 40.8. The van der Waals surface area contributed by atoms with Crippen LogP contribution in [0.5, 0.6) is 0 Å². The summed E-state index contributed by atoms with van der Waals surface area (Å²) < 4.78 is 34.2. The highest BCUT2D eigenvalue weighted by Gasteiger charge is 2.27. The van der Waals surface area contributed by atoms with Gasteiger partial charge in [0, 0.05) is 12.8 Å². The van der Waals surface area contributed by atoms with Crippen LogP contribution < -0.4 is 0 Å². The second-order valence-electron chi connectivity index (χ2n) is 15.0. The summed E-state index contributed by atoms with van der Waals surface area (Å²) in [7, 11) is 1.42. The molecule has 0 bridgehead atoms. The molecule has 1 unspecified atom stereocenters. The number of phosphoric ester groups is 1. The van der Waals surface area contributed by atoms with Crippen molar-refractivity contribution in [1.29, 1.82) is 0 Å². The number of carbonyl (C=O) groups excluding carboxylic acids is 2. The van der Waals surface area contributed by atoms with E-state index in [9.17, 15) is 19.0 Å². The molecule has 2 atom stereocenters. The Kier molecular flexibility index (Phi) is 35.9. The summed E-state index contributed by atoms with van der Waals surface area (Å²) in [5.41, 5.74) is 0. The number of ether oxygens (including phenoxy) is 2. The number of likely N-dealkylation sites (N-methyl/N-ethyl adjacent to an activating group) is 1. The molecule has 0 radical (unpaired) electrons. The summed E-state index contributed by atoms with van der Waals surface area (Å²) in [6.07, 6.45) is 47.8. The lowest BCUT2D eigenvalue weighted by atomic mass is 10.1. The zero-order valence-electron chi connectivity index (χ0n) is 35.8. The quantitative estimate of drug-likeness (QED) is 0.0217. The van der Waals surface area contributed by atoms with Gasteiger partial charge in [-0.2, -0.15) is 0 Å². The fourth-order valence-corrected chi connectivity index (χ4v) is 5.82. The van der Waals surface area contributed by atoms with E-state index in [0.717, 1.165) is 70.6 Å². The third-order valence-corrected chi connectivity index (χ3v) is 9.39. The molecule has 10 heteroatoms. The van der Waals surface area contributed by atoms with Gasteiger partial charge in [0.25, 0.3) is 0 Å². The standard InChI is InChI=1S/C46H78NO8P/c1-6-8-10-12-14-16-18-20-22-23-25-27-29-31-33-35-37-39-46(49)55-44(43-54-56(50,51)53-41-40-47(3,4)5)42-52-45(48)38-36-34-32-30-28-26-24-21-19-17-15-13-11-9-7-2/h9,11,14-17,20-22,24-25,27,31,33,44H,6-8,10,12-13,18-19,23,26,28-30,32,34-43H2,1-5H3/p+1/b11-9+,16-14+,17-15+,22-20+,24-21+,27-25+,33-31+/t44-/m1/s1. The number of hydrogen-bond donors (Lipinski definition) is 1. The Labute approximate surface area is 341 Å². The second-order valence-corrected chi connectivity index (χ2v) is 16.4. The molecule has 0 amide bonds. The Morgan fingerprint density at radius 2 is 1.04 bits per heavy atom. The van der Waals surface area contributed by atoms with Crippen LogP contribution in [0, 0.1) is 0 Å². The zero-order valence-corrected chi connectivity index (χ0v) is 36.7. The van der Waals surface area contributed by atoms with Gasteiger partial charge in [-0.1, -0.05) is 131 Å². The maximum Gasteiger partial charge on any atom is 0.472 e. The molecule has 0 aliphatic carbocycles. The summed E-state index contributed by atoms with van der Waals surface area (Å²) in [6, 6.07) is 0. The molecule has 0 rings (SSSR count). The smallest absolute Gasteiger partial charge is 0.462 e. The fourth-order valence-electron chi connectivity index (χ4n) is 5.08. The van der Waals surface area contributed by atoms with Gasteiger partial charge in [-0.3, -0.25) is 18.6 Å². The predicted molar refractivity (Wildman–Crippen MR) is 233 cm³/mol. The number of hydrogen-bond acceptors (Lipinski definition) is 7.